The van der Waals surface area contributed by atoms with Gasteiger partial charge in [-0.25, -0.2) is 0 Å². The number of hydrogen-bond acceptors (Lipinski definition) is 4. The van der Waals surface area contributed by atoms with Crippen LogP contribution in [-0.2, 0) is 0 Å². The second-order valence-electron chi connectivity index (χ2n) is 5.93. The molecule has 0 atom stereocenters. The van der Waals surface area contributed by atoms with Crippen LogP contribution in [0.5, 0.6) is 0 Å². The fourth-order valence-electron chi connectivity index (χ4n) is 2.43. The van der Waals surface area contributed by atoms with Crippen LogP contribution >= 0.6 is 12.6 Å². The molecule has 0 saturated heterocycles. The molecule has 0 bridgehead atoms. The van der Waals surface area contributed by atoms with Gasteiger partial charge in [-0.05, 0) is 61.4 Å². The Bertz CT molecular complexity index is 612. The first-order valence-electron chi connectivity index (χ1n) is 8.78. The summed E-state index contributed by atoms with van der Waals surface area (Å²) in [6.07, 6.45) is 4.90. The number of rotatable bonds is 9. The Morgan fingerprint density at radius 3 is 1.67 bits per heavy atom. The van der Waals surface area contributed by atoms with Crippen LogP contribution in [0, 0.1) is 0 Å². The molecule has 0 heterocycles. The van der Waals surface area contributed by atoms with Crippen LogP contribution in [0.3, 0.4) is 0 Å². The van der Waals surface area contributed by atoms with Crippen LogP contribution in [0.4, 0.5) is 17.1 Å². The lowest BCUT2D eigenvalue weighted by Crippen LogP contribution is -2.25. The van der Waals surface area contributed by atoms with E-state index in [1.54, 1.807) is 0 Å². The lowest BCUT2D eigenvalue weighted by molar-refractivity contribution is 0.678. The van der Waals surface area contributed by atoms with Crippen LogP contribution in [0.2, 0.25) is 0 Å². The SMILES string of the molecule is CCCCN(CCCC)c1ccc(N=Nc2ccc(S)cc2)cc1. The Morgan fingerprint density at radius 1 is 0.750 bits per heavy atom. The van der Waals surface area contributed by atoms with E-state index in [0.29, 0.717) is 0 Å². The summed E-state index contributed by atoms with van der Waals surface area (Å²) >= 11 is 4.27. The topological polar surface area (TPSA) is 28.0 Å². The standard InChI is InChI=1S/C20H27N3S/c1-3-5-15-23(16-6-4-2)19-11-7-17(8-12-19)21-22-18-9-13-20(24)14-10-18/h7-14,24H,3-6,15-16H2,1-2H3. The van der Waals surface area contributed by atoms with Crippen LogP contribution < -0.4 is 4.90 Å². The van der Waals surface area contributed by atoms with Gasteiger partial charge in [0, 0.05) is 23.7 Å². The summed E-state index contributed by atoms with van der Waals surface area (Å²) in [5, 5.41) is 8.58. The molecule has 2 aromatic rings. The van der Waals surface area contributed by atoms with E-state index < -0.39 is 0 Å². The maximum atomic E-state index is 4.31. The zero-order valence-corrected chi connectivity index (χ0v) is 15.5. The van der Waals surface area contributed by atoms with Gasteiger partial charge >= 0.3 is 0 Å². The van der Waals surface area contributed by atoms with Gasteiger partial charge in [0.1, 0.15) is 0 Å². The molecule has 0 radical (unpaired) electrons. The molecular formula is C20H27N3S. The molecule has 3 nitrogen and oxygen atoms in total. The molecule has 0 unspecified atom stereocenters. The number of benzene rings is 2. The van der Waals surface area contributed by atoms with Gasteiger partial charge in [-0.15, -0.1) is 12.6 Å². The van der Waals surface area contributed by atoms with Crippen molar-refractivity contribution in [3.05, 3.63) is 48.5 Å². The minimum Gasteiger partial charge on any atom is -0.372 e. The fraction of sp³-hybridized carbons (Fsp3) is 0.400. The van der Waals surface area contributed by atoms with Crippen LogP contribution in [-0.4, -0.2) is 13.1 Å². The van der Waals surface area contributed by atoms with Crippen molar-refractivity contribution in [2.24, 2.45) is 10.2 Å². The van der Waals surface area contributed by atoms with Gasteiger partial charge in [0.05, 0.1) is 11.4 Å². The second-order valence-corrected chi connectivity index (χ2v) is 6.44. The minimum atomic E-state index is 0.837. The maximum Gasteiger partial charge on any atom is 0.0858 e. The number of azo groups is 1. The van der Waals surface area contributed by atoms with E-state index in [2.05, 4.69) is 53.7 Å². The zero-order valence-electron chi connectivity index (χ0n) is 14.7. The van der Waals surface area contributed by atoms with E-state index in [9.17, 15) is 0 Å². The second kappa shape index (κ2) is 10.1. The third-order valence-corrected chi connectivity index (χ3v) is 4.21. The van der Waals surface area contributed by atoms with Crippen molar-refractivity contribution in [3.63, 3.8) is 0 Å². The average Bonchev–Trinajstić information content (AvgIpc) is 2.62. The van der Waals surface area contributed by atoms with Gasteiger partial charge in [0.25, 0.3) is 0 Å². The number of unbranched alkanes of at least 4 members (excludes halogenated alkanes) is 2. The third kappa shape index (κ3) is 6.00. The van der Waals surface area contributed by atoms with E-state index in [1.807, 2.05) is 36.4 Å². The lowest BCUT2D eigenvalue weighted by Gasteiger charge is -2.24. The number of hydrogen-bond donors (Lipinski definition) is 1. The first kappa shape index (κ1) is 18.5. The smallest absolute Gasteiger partial charge is 0.0858 e. The Kier molecular flexibility index (Phi) is 7.83. The maximum absolute atomic E-state index is 4.31. The lowest BCUT2D eigenvalue weighted by atomic mass is 10.2. The summed E-state index contributed by atoms with van der Waals surface area (Å²) in [4.78, 5) is 3.40. The average molecular weight is 342 g/mol. The van der Waals surface area contributed by atoms with Gasteiger partial charge in [-0.2, -0.15) is 10.2 Å². The molecule has 0 amide bonds. The van der Waals surface area contributed by atoms with Crippen molar-refractivity contribution in [2.75, 3.05) is 18.0 Å². The Hall–Kier alpha value is -1.81. The number of thiol groups is 1. The molecule has 0 aromatic heterocycles. The molecule has 24 heavy (non-hydrogen) atoms. The van der Waals surface area contributed by atoms with Crippen LogP contribution in [0.25, 0.3) is 0 Å². The molecule has 0 saturated carbocycles. The highest BCUT2D eigenvalue weighted by molar-refractivity contribution is 7.80. The predicted octanol–water partition coefficient (Wildman–Crippen LogP) is 6.80. The summed E-state index contributed by atoms with van der Waals surface area (Å²) in [5.74, 6) is 0. The minimum absolute atomic E-state index is 0.837. The van der Waals surface area contributed by atoms with Crippen molar-refractivity contribution in [1.82, 2.24) is 0 Å². The van der Waals surface area contributed by atoms with Gasteiger partial charge in [-0.1, -0.05) is 26.7 Å². The Labute approximate surface area is 151 Å². The van der Waals surface area contributed by atoms with E-state index in [4.69, 9.17) is 0 Å². The van der Waals surface area contributed by atoms with Crippen molar-refractivity contribution in [1.29, 1.82) is 0 Å². The predicted molar refractivity (Wildman–Crippen MR) is 106 cm³/mol. The zero-order chi connectivity index (χ0) is 17.2. The first-order chi connectivity index (χ1) is 11.7. The van der Waals surface area contributed by atoms with E-state index >= 15 is 0 Å². The third-order valence-electron chi connectivity index (χ3n) is 3.91. The van der Waals surface area contributed by atoms with E-state index in [1.165, 1.54) is 31.4 Å². The molecule has 0 aliphatic heterocycles. The summed E-state index contributed by atoms with van der Waals surface area (Å²) < 4.78 is 0. The van der Waals surface area contributed by atoms with E-state index in [-0.39, 0.29) is 0 Å². The quantitative estimate of drug-likeness (QED) is 0.394. The summed E-state index contributed by atoms with van der Waals surface area (Å²) in [6, 6.07) is 16.0. The largest absolute Gasteiger partial charge is 0.372 e. The molecule has 0 spiro atoms. The molecule has 2 rings (SSSR count). The first-order valence-corrected chi connectivity index (χ1v) is 9.23. The normalized spacial score (nSPS) is 11.1. The highest BCUT2D eigenvalue weighted by Gasteiger charge is 2.05. The molecule has 4 heteroatoms. The molecule has 128 valence electrons. The van der Waals surface area contributed by atoms with Gasteiger partial charge in [0.2, 0.25) is 0 Å². The fourth-order valence-corrected chi connectivity index (χ4v) is 2.58. The van der Waals surface area contributed by atoms with Crippen molar-refractivity contribution >= 4 is 29.7 Å². The molecule has 0 N–H and O–H groups in total. The van der Waals surface area contributed by atoms with Gasteiger partial charge < -0.3 is 4.90 Å². The molecule has 0 fully saturated rings. The summed E-state index contributed by atoms with van der Waals surface area (Å²) in [6.45, 7) is 6.71. The van der Waals surface area contributed by atoms with Crippen molar-refractivity contribution in [2.45, 2.75) is 44.4 Å². The van der Waals surface area contributed by atoms with Gasteiger partial charge in [0.15, 0.2) is 0 Å². The molecular weight excluding hydrogens is 314 g/mol. The van der Waals surface area contributed by atoms with E-state index in [0.717, 1.165) is 29.4 Å². The van der Waals surface area contributed by atoms with Crippen molar-refractivity contribution < 1.29 is 0 Å². The molecule has 2 aromatic carbocycles. The van der Waals surface area contributed by atoms with Gasteiger partial charge in [-0.3, -0.25) is 0 Å². The van der Waals surface area contributed by atoms with Crippen LogP contribution in [0.1, 0.15) is 39.5 Å². The van der Waals surface area contributed by atoms with Crippen LogP contribution in [0.15, 0.2) is 63.7 Å². The highest BCUT2D eigenvalue weighted by atomic mass is 32.1. The highest BCUT2D eigenvalue weighted by Crippen LogP contribution is 2.23. The van der Waals surface area contributed by atoms with Crippen molar-refractivity contribution in [3.8, 4) is 0 Å². The monoisotopic (exact) mass is 341 g/mol. The molecule has 0 aliphatic rings. The summed E-state index contributed by atoms with van der Waals surface area (Å²) in [7, 11) is 0. The number of nitrogens with zero attached hydrogens (tertiary/aromatic N) is 3. The Balaban J connectivity index is 2.03. The molecule has 0 aliphatic carbocycles. The Morgan fingerprint density at radius 2 is 1.21 bits per heavy atom. The number of anilines is 1. The summed E-state index contributed by atoms with van der Waals surface area (Å²) in [5.41, 5.74) is 2.99.